The molecule has 0 aliphatic heterocycles. The summed E-state index contributed by atoms with van der Waals surface area (Å²) in [4.78, 5) is 22.0. The lowest BCUT2D eigenvalue weighted by atomic mass is 10.2. The van der Waals surface area contributed by atoms with Crippen LogP contribution in [0, 0.1) is 0 Å². The highest BCUT2D eigenvalue weighted by atomic mass is 16.5. The van der Waals surface area contributed by atoms with Crippen LogP contribution < -0.4 is 16.4 Å². The Morgan fingerprint density at radius 1 is 1.47 bits per heavy atom. The first-order valence-corrected chi connectivity index (χ1v) is 4.90. The van der Waals surface area contributed by atoms with E-state index in [-0.39, 0.29) is 12.5 Å². The molecule has 0 heterocycles. The number of carbonyl (C=O) groups excluding carboxylic acids is 2. The number of primary amides is 1. The lowest BCUT2D eigenvalue weighted by Crippen LogP contribution is -2.45. The van der Waals surface area contributed by atoms with Crippen molar-refractivity contribution in [2.75, 3.05) is 26.8 Å². The van der Waals surface area contributed by atoms with Gasteiger partial charge in [0.1, 0.15) is 0 Å². The molecule has 0 aliphatic rings. The Morgan fingerprint density at radius 3 is 2.60 bits per heavy atom. The Hall–Kier alpha value is -1.14. The molecule has 0 aromatic heterocycles. The smallest absolute Gasteiger partial charge is 0.234 e. The van der Waals surface area contributed by atoms with E-state index in [2.05, 4.69) is 10.6 Å². The van der Waals surface area contributed by atoms with Crippen molar-refractivity contribution in [2.24, 2.45) is 5.73 Å². The maximum atomic E-state index is 11.2. The fourth-order valence-electron chi connectivity index (χ4n) is 1.02. The Labute approximate surface area is 89.5 Å². The van der Waals surface area contributed by atoms with Gasteiger partial charge in [0.2, 0.25) is 11.8 Å². The van der Waals surface area contributed by atoms with Crippen LogP contribution in [-0.2, 0) is 14.3 Å². The third-order valence-corrected chi connectivity index (χ3v) is 1.89. The molecule has 0 rings (SSSR count). The minimum absolute atomic E-state index is 0.0885. The van der Waals surface area contributed by atoms with E-state index in [4.69, 9.17) is 10.5 Å². The third-order valence-electron chi connectivity index (χ3n) is 1.89. The van der Waals surface area contributed by atoms with Crippen LogP contribution >= 0.6 is 0 Å². The van der Waals surface area contributed by atoms with Gasteiger partial charge in [0.25, 0.3) is 0 Å². The molecule has 1 atom stereocenters. The largest absolute Gasteiger partial charge is 0.383 e. The SMILES string of the molecule is CCC(NCC(=O)NCCOC)C(N)=O. The fourth-order valence-corrected chi connectivity index (χ4v) is 1.02. The van der Waals surface area contributed by atoms with Crippen LogP contribution in [0.3, 0.4) is 0 Å². The van der Waals surface area contributed by atoms with Crippen LogP contribution in [0.5, 0.6) is 0 Å². The monoisotopic (exact) mass is 217 g/mol. The van der Waals surface area contributed by atoms with Crippen molar-refractivity contribution >= 4 is 11.8 Å². The highest BCUT2D eigenvalue weighted by Crippen LogP contribution is 1.87. The molecule has 0 bridgehead atoms. The molecular formula is C9H19N3O3. The summed E-state index contributed by atoms with van der Waals surface area (Å²) in [7, 11) is 1.56. The van der Waals surface area contributed by atoms with Crippen LogP contribution in [0.25, 0.3) is 0 Å². The molecule has 88 valence electrons. The summed E-state index contributed by atoms with van der Waals surface area (Å²) in [6.07, 6.45) is 0.570. The molecule has 6 nitrogen and oxygen atoms in total. The quantitative estimate of drug-likeness (QED) is 0.436. The van der Waals surface area contributed by atoms with Crippen molar-refractivity contribution < 1.29 is 14.3 Å². The van der Waals surface area contributed by atoms with E-state index >= 15 is 0 Å². The maximum absolute atomic E-state index is 11.2. The van der Waals surface area contributed by atoms with E-state index in [1.807, 2.05) is 6.92 Å². The second-order valence-corrected chi connectivity index (χ2v) is 3.09. The minimum atomic E-state index is -0.446. The summed E-state index contributed by atoms with van der Waals surface area (Å²) in [5.41, 5.74) is 5.10. The molecule has 1 unspecified atom stereocenters. The van der Waals surface area contributed by atoms with Crippen molar-refractivity contribution in [3.63, 3.8) is 0 Å². The van der Waals surface area contributed by atoms with Crippen molar-refractivity contribution in [2.45, 2.75) is 19.4 Å². The van der Waals surface area contributed by atoms with Gasteiger partial charge in [0.05, 0.1) is 19.2 Å². The summed E-state index contributed by atoms with van der Waals surface area (Å²) in [6.45, 7) is 2.85. The lowest BCUT2D eigenvalue weighted by molar-refractivity contribution is -0.122. The van der Waals surface area contributed by atoms with Gasteiger partial charge in [-0.3, -0.25) is 14.9 Å². The second-order valence-electron chi connectivity index (χ2n) is 3.09. The first-order chi connectivity index (χ1) is 7.11. The Bertz CT molecular complexity index is 209. The zero-order chi connectivity index (χ0) is 11.7. The molecule has 0 aliphatic carbocycles. The molecule has 0 fully saturated rings. The van der Waals surface area contributed by atoms with Gasteiger partial charge in [-0.1, -0.05) is 6.92 Å². The molecular weight excluding hydrogens is 198 g/mol. The number of hydrogen-bond acceptors (Lipinski definition) is 4. The summed E-state index contributed by atoms with van der Waals surface area (Å²) in [6, 6.07) is -0.446. The molecule has 0 saturated heterocycles. The normalized spacial score (nSPS) is 12.1. The number of methoxy groups -OCH3 is 1. The van der Waals surface area contributed by atoms with Gasteiger partial charge in [-0.25, -0.2) is 0 Å². The first kappa shape index (κ1) is 13.9. The fraction of sp³-hybridized carbons (Fsp3) is 0.778. The molecule has 15 heavy (non-hydrogen) atoms. The number of nitrogens with one attached hydrogen (secondary N) is 2. The van der Waals surface area contributed by atoms with E-state index in [0.29, 0.717) is 19.6 Å². The predicted octanol–water partition coefficient (Wildman–Crippen LogP) is -1.40. The second kappa shape index (κ2) is 8.19. The number of amides is 2. The summed E-state index contributed by atoms with van der Waals surface area (Å²) in [5.74, 6) is -0.617. The van der Waals surface area contributed by atoms with Gasteiger partial charge in [0.15, 0.2) is 0 Å². The van der Waals surface area contributed by atoms with Crippen LogP contribution in [0.1, 0.15) is 13.3 Å². The molecule has 0 spiro atoms. The lowest BCUT2D eigenvalue weighted by Gasteiger charge is -2.12. The van der Waals surface area contributed by atoms with Crippen LogP contribution in [0.2, 0.25) is 0 Å². The zero-order valence-corrected chi connectivity index (χ0v) is 9.21. The average Bonchev–Trinajstić information content (AvgIpc) is 2.18. The van der Waals surface area contributed by atoms with E-state index in [9.17, 15) is 9.59 Å². The van der Waals surface area contributed by atoms with E-state index in [0.717, 1.165) is 0 Å². The van der Waals surface area contributed by atoms with Crippen LogP contribution in [0.15, 0.2) is 0 Å². The van der Waals surface area contributed by atoms with E-state index < -0.39 is 11.9 Å². The minimum Gasteiger partial charge on any atom is -0.383 e. The van der Waals surface area contributed by atoms with Crippen LogP contribution in [0.4, 0.5) is 0 Å². The number of carbonyl (C=O) groups is 2. The third kappa shape index (κ3) is 6.87. The highest BCUT2D eigenvalue weighted by molar-refractivity contribution is 5.82. The molecule has 0 saturated carbocycles. The molecule has 0 aromatic carbocycles. The van der Waals surface area contributed by atoms with Gasteiger partial charge >= 0.3 is 0 Å². The number of nitrogens with two attached hydrogens (primary N) is 1. The van der Waals surface area contributed by atoms with Gasteiger partial charge in [-0.2, -0.15) is 0 Å². The topological polar surface area (TPSA) is 93.4 Å². The Morgan fingerprint density at radius 2 is 2.13 bits per heavy atom. The predicted molar refractivity (Wildman–Crippen MR) is 56.2 cm³/mol. The molecule has 0 radical (unpaired) electrons. The van der Waals surface area contributed by atoms with Crippen molar-refractivity contribution in [3.05, 3.63) is 0 Å². The van der Waals surface area contributed by atoms with Crippen molar-refractivity contribution in [1.82, 2.24) is 10.6 Å². The standard InChI is InChI=1S/C9H19N3O3/c1-3-7(9(10)14)12-6-8(13)11-4-5-15-2/h7,12H,3-6H2,1-2H3,(H2,10,14)(H,11,13). The van der Waals surface area contributed by atoms with Gasteiger partial charge in [-0.15, -0.1) is 0 Å². The molecule has 6 heteroatoms. The van der Waals surface area contributed by atoms with Crippen molar-refractivity contribution in [3.8, 4) is 0 Å². The van der Waals surface area contributed by atoms with Crippen LogP contribution in [-0.4, -0.2) is 44.7 Å². The summed E-state index contributed by atoms with van der Waals surface area (Å²) >= 11 is 0. The van der Waals surface area contributed by atoms with E-state index in [1.54, 1.807) is 7.11 Å². The summed E-state index contributed by atoms with van der Waals surface area (Å²) in [5, 5.41) is 5.39. The Kier molecular flexibility index (Phi) is 7.57. The highest BCUT2D eigenvalue weighted by Gasteiger charge is 2.12. The van der Waals surface area contributed by atoms with Gasteiger partial charge in [0, 0.05) is 13.7 Å². The van der Waals surface area contributed by atoms with E-state index in [1.165, 1.54) is 0 Å². The summed E-state index contributed by atoms with van der Waals surface area (Å²) < 4.78 is 4.77. The number of rotatable bonds is 8. The number of hydrogen-bond donors (Lipinski definition) is 3. The molecule has 4 N–H and O–H groups in total. The average molecular weight is 217 g/mol. The van der Waals surface area contributed by atoms with Gasteiger partial charge in [-0.05, 0) is 6.42 Å². The molecule has 2 amide bonds. The first-order valence-electron chi connectivity index (χ1n) is 4.90. The van der Waals surface area contributed by atoms with Crippen molar-refractivity contribution in [1.29, 1.82) is 0 Å². The Balaban J connectivity index is 3.64. The maximum Gasteiger partial charge on any atom is 0.234 e. The number of ether oxygens (including phenoxy) is 1. The molecule has 0 aromatic rings. The van der Waals surface area contributed by atoms with Gasteiger partial charge < -0.3 is 15.8 Å². The zero-order valence-electron chi connectivity index (χ0n) is 9.21.